The van der Waals surface area contributed by atoms with Crippen molar-refractivity contribution in [3.8, 4) is 0 Å². The lowest BCUT2D eigenvalue weighted by molar-refractivity contribution is 0.537. The van der Waals surface area contributed by atoms with Crippen LogP contribution in [-0.4, -0.2) is 16.6 Å². The lowest BCUT2D eigenvalue weighted by Gasteiger charge is -2.33. The molecular formula is C12H26OSi2. The van der Waals surface area contributed by atoms with E-state index in [2.05, 4.69) is 39.3 Å². The summed E-state index contributed by atoms with van der Waals surface area (Å²) in [7, 11) is -2.91. The fraction of sp³-hybridized carbons (Fsp3) is 0.667. The maximum absolute atomic E-state index is 6.41. The molecule has 0 saturated carbocycles. The highest BCUT2D eigenvalue weighted by Crippen LogP contribution is 2.23. The Kier molecular flexibility index (Phi) is 6.40. The van der Waals surface area contributed by atoms with Crippen molar-refractivity contribution in [3.05, 3.63) is 25.3 Å². The van der Waals surface area contributed by atoms with Crippen LogP contribution in [0.15, 0.2) is 25.3 Å². The molecule has 0 amide bonds. The van der Waals surface area contributed by atoms with Crippen molar-refractivity contribution in [2.24, 2.45) is 0 Å². The van der Waals surface area contributed by atoms with E-state index in [4.69, 9.17) is 4.12 Å². The molecule has 0 heterocycles. The minimum absolute atomic E-state index is 1.09. The molecule has 0 rings (SSSR count). The minimum atomic E-state index is -1.45. The Morgan fingerprint density at radius 2 is 1.20 bits per heavy atom. The molecule has 0 aromatic carbocycles. The molecule has 0 saturated heterocycles. The zero-order chi connectivity index (χ0) is 11.9. The molecule has 1 nitrogen and oxygen atoms in total. The molecule has 0 unspecified atom stereocenters. The lowest BCUT2D eigenvalue weighted by atomic mass is 10.5. The molecule has 0 N–H and O–H groups in total. The first-order chi connectivity index (χ1) is 6.83. The summed E-state index contributed by atoms with van der Waals surface area (Å²) in [5, 5.41) is 0. The average Bonchev–Trinajstić information content (AvgIpc) is 2.10. The van der Waals surface area contributed by atoms with Crippen molar-refractivity contribution >= 4 is 16.6 Å². The van der Waals surface area contributed by atoms with Gasteiger partial charge in [-0.2, -0.15) is 0 Å². The van der Waals surface area contributed by atoms with Gasteiger partial charge in [0.2, 0.25) is 0 Å². The highest BCUT2D eigenvalue weighted by Gasteiger charge is 2.31. The van der Waals surface area contributed by atoms with Crippen LogP contribution in [0.2, 0.25) is 38.3 Å². The van der Waals surface area contributed by atoms with Crippen LogP contribution in [0.5, 0.6) is 0 Å². The van der Waals surface area contributed by atoms with Crippen LogP contribution in [0.4, 0.5) is 0 Å². The van der Waals surface area contributed by atoms with Gasteiger partial charge in [0.15, 0.2) is 16.6 Å². The lowest BCUT2D eigenvalue weighted by Crippen LogP contribution is -2.43. The van der Waals surface area contributed by atoms with Crippen LogP contribution in [0.3, 0.4) is 0 Å². The molecule has 0 bridgehead atoms. The number of hydrogen-bond donors (Lipinski definition) is 0. The van der Waals surface area contributed by atoms with Crippen LogP contribution in [0.1, 0.15) is 12.8 Å². The van der Waals surface area contributed by atoms with Crippen LogP contribution >= 0.6 is 0 Å². The average molecular weight is 243 g/mol. The minimum Gasteiger partial charge on any atom is -0.455 e. The van der Waals surface area contributed by atoms with Gasteiger partial charge < -0.3 is 4.12 Å². The van der Waals surface area contributed by atoms with Gasteiger partial charge in [-0.1, -0.05) is 12.2 Å². The van der Waals surface area contributed by atoms with E-state index in [1.165, 1.54) is 12.1 Å². The SMILES string of the molecule is C=CCC[Si](C)(C)O[Si](C)(C)CCC=C. The summed E-state index contributed by atoms with van der Waals surface area (Å²) in [5.74, 6) is 0. The quantitative estimate of drug-likeness (QED) is 0.448. The Morgan fingerprint density at radius 3 is 1.47 bits per heavy atom. The van der Waals surface area contributed by atoms with E-state index in [-0.39, 0.29) is 0 Å². The predicted molar refractivity (Wildman–Crippen MR) is 75.3 cm³/mol. The van der Waals surface area contributed by atoms with Crippen LogP contribution in [-0.2, 0) is 4.12 Å². The van der Waals surface area contributed by atoms with E-state index in [0.29, 0.717) is 0 Å². The molecule has 0 aliphatic carbocycles. The molecule has 0 radical (unpaired) electrons. The smallest absolute Gasteiger partial charge is 0.173 e. The number of hydrogen-bond acceptors (Lipinski definition) is 1. The highest BCUT2D eigenvalue weighted by atomic mass is 28.4. The van der Waals surface area contributed by atoms with E-state index in [9.17, 15) is 0 Å². The third-order valence-electron chi connectivity index (χ3n) is 2.45. The van der Waals surface area contributed by atoms with Gasteiger partial charge in [0.25, 0.3) is 0 Å². The summed E-state index contributed by atoms with van der Waals surface area (Å²) in [6, 6.07) is 2.39. The molecule has 0 fully saturated rings. The van der Waals surface area contributed by atoms with Crippen LogP contribution < -0.4 is 0 Å². The van der Waals surface area contributed by atoms with Crippen molar-refractivity contribution in [3.63, 3.8) is 0 Å². The summed E-state index contributed by atoms with van der Waals surface area (Å²) in [6.07, 6.45) is 6.17. The first kappa shape index (κ1) is 14.9. The Labute approximate surface area is 97.5 Å². The summed E-state index contributed by atoms with van der Waals surface area (Å²) in [6.45, 7) is 16.8. The van der Waals surface area contributed by atoms with Gasteiger partial charge in [0.1, 0.15) is 0 Å². The van der Waals surface area contributed by atoms with Crippen molar-refractivity contribution in [2.75, 3.05) is 0 Å². The Hall–Kier alpha value is -0.126. The molecule has 3 heteroatoms. The number of rotatable bonds is 8. The van der Waals surface area contributed by atoms with Gasteiger partial charge in [-0.05, 0) is 51.1 Å². The fourth-order valence-corrected chi connectivity index (χ4v) is 10.3. The number of allylic oxidation sites excluding steroid dienone is 2. The third-order valence-corrected chi connectivity index (χ3v) is 9.86. The molecule has 0 spiro atoms. The second-order valence-electron chi connectivity index (χ2n) is 5.28. The molecule has 0 aromatic rings. The molecular weight excluding hydrogens is 216 g/mol. The van der Waals surface area contributed by atoms with E-state index in [1.54, 1.807) is 0 Å². The molecule has 15 heavy (non-hydrogen) atoms. The summed E-state index contributed by atoms with van der Waals surface area (Å²) >= 11 is 0. The van der Waals surface area contributed by atoms with E-state index in [0.717, 1.165) is 12.8 Å². The van der Waals surface area contributed by atoms with Crippen molar-refractivity contribution < 1.29 is 4.12 Å². The van der Waals surface area contributed by atoms with Crippen LogP contribution in [0, 0.1) is 0 Å². The molecule has 88 valence electrons. The predicted octanol–water partition coefficient (Wildman–Crippen LogP) is 4.57. The van der Waals surface area contributed by atoms with Gasteiger partial charge in [-0.15, -0.1) is 13.2 Å². The van der Waals surface area contributed by atoms with Crippen molar-refractivity contribution in [2.45, 2.75) is 51.1 Å². The zero-order valence-corrected chi connectivity index (χ0v) is 12.8. The van der Waals surface area contributed by atoms with Gasteiger partial charge in [0, 0.05) is 0 Å². The molecule has 0 atom stereocenters. The maximum atomic E-state index is 6.41. The monoisotopic (exact) mass is 242 g/mol. The molecule has 0 aliphatic heterocycles. The second-order valence-corrected chi connectivity index (χ2v) is 14.1. The summed E-state index contributed by atoms with van der Waals surface area (Å²) < 4.78 is 6.41. The summed E-state index contributed by atoms with van der Waals surface area (Å²) in [5.41, 5.74) is 0. The van der Waals surface area contributed by atoms with Crippen molar-refractivity contribution in [1.82, 2.24) is 0 Å². The van der Waals surface area contributed by atoms with Crippen molar-refractivity contribution in [1.29, 1.82) is 0 Å². The molecule has 0 aromatic heterocycles. The maximum Gasteiger partial charge on any atom is 0.173 e. The van der Waals surface area contributed by atoms with E-state index in [1.807, 2.05) is 12.2 Å². The topological polar surface area (TPSA) is 9.23 Å². The second kappa shape index (κ2) is 6.45. The fourth-order valence-electron chi connectivity index (χ4n) is 1.75. The zero-order valence-electron chi connectivity index (χ0n) is 10.8. The summed E-state index contributed by atoms with van der Waals surface area (Å²) in [4.78, 5) is 0. The van der Waals surface area contributed by atoms with Gasteiger partial charge >= 0.3 is 0 Å². The standard InChI is InChI=1S/C12H26OSi2/c1-7-9-11-14(3,4)13-15(5,6)12-10-8-2/h7-8H,1-2,9-12H2,3-6H3. The van der Waals surface area contributed by atoms with Gasteiger partial charge in [0.05, 0.1) is 0 Å². The van der Waals surface area contributed by atoms with Gasteiger partial charge in [-0.3, -0.25) is 0 Å². The first-order valence-electron chi connectivity index (χ1n) is 5.75. The van der Waals surface area contributed by atoms with E-state index < -0.39 is 16.6 Å². The Balaban J connectivity index is 4.15. The third kappa shape index (κ3) is 7.76. The van der Waals surface area contributed by atoms with Crippen LogP contribution in [0.25, 0.3) is 0 Å². The molecule has 0 aliphatic rings. The van der Waals surface area contributed by atoms with E-state index >= 15 is 0 Å². The largest absolute Gasteiger partial charge is 0.455 e. The van der Waals surface area contributed by atoms with Gasteiger partial charge in [-0.25, -0.2) is 0 Å². The Bertz CT molecular complexity index is 188. The highest BCUT2D eigenvalue weighted by molar-refractivity contribution is 6.84. The first-order valence-corrected chi connectivity index (χ1v) is 12.0. The Morgan fingerprint density at radius 1 is 0.867 bits per heavy atom. The normalized spacial score (nSPS) is 12.5.